The Labute approximate surface area is 162 Å². The van der Waals surface area contributed by atoms with Gasteiger partial charge in [0.25, 0.3) is 5.91 Å². The number of carbonyl (C=O) groups excluding carboxylic acids is 1. The molecule has 0 unspecified atom stereocenters. The summed E-state index contributed by atoms with van der Waals surface area (Å²) in [6.07, 6.45) is 3.41. The van der Waals surface area contributed by atoms with Crippen LogP contribution in [-0.4, -0.2) is 30.1 Å². The van der Waals surface area contributed by atoms with Gasteiger partial charge in [-0.1, -0.05) is 19.4 Å². The van der Waals surface area contributed by atoms with Crippen LogP contribution in [0.5, 0.6) is 11.5 Å². The number of benzene rings is 1. The Kier molecular flexibility index (Phi) is 6.03. The zero-order valence-corrected chi connectivity index (χ0v) is 16.3. The Morgan fingerprint density at radius 2 is 2.04 bits per heavy atom. The standard InChI is InChI=1S/C20H21N3O3S/c1-4-7-17-18(14-12-13(25-2)9-10-16(14)26-3)22-20(27-17)23-19(24)15-8-5-6-11-21-15/h5-6,8-12H,4,7H2,1-3H3,(H,22,23,24). The van der Waals surface area contributed by atoms with Crippen molar-refractivity contribution in [2.45, 2.75) is 19.8 Å². The van der Waals surface area contributed by atoms with Crippen molar-refractivity contribution in [3.63, 3.8) is 0 Å². The molecule has 0 aliphatic carbocycles. The summed E-state index contributed by atoms with van der Waals surface area (Å²) >= 11 is 1.47. The van der Waals surface area contributed by atoms with Crippen LogP contribution in [0.1, 0.15) is 28.7 Å². The Bertz CT molecular complexity index is 925. The van der Waals surface area contributed by atoms with E-state index in [1.807, 2.05) is 18.2 Å². The quantitative estimate of drug-likeness (QED) is 0.653. The van der Waals surface area contributed by atoms with E-state index in [9.17, 15) is 4.79 Å². The molecule has 6 nitrogen and oxygen atoms in total. The predicted octanol–water partition coefficient (Wildman–Crippen LogP) is 4.43. The molecular formula is C20H21N3O3S. The predicted molar refractivity (Wildman–Crippen MR) is 107 cm³/mol. The van der Waals surface area contributed by atoms with Crippen LogP contribution in [0, 0.1) is 0 Å². The highest BCUT2D eigenvalue weighted by molar-refractivity contribution is 7.16. The van der Waals surface area contributed by atoms with Gasteiger partial charge in [0.15, 0.2) is 5.13 Å². The first-order valence-corrected chi connectivity index (χ1v) is 9.42. The first kappa shape index (κ1) is 18.8. The van der Waals surface area contributed by atoms with Gasteiger partial charge in [-0.3, -0.25) is 15.1 Å². The lowest BCUT2D eigenvalue weighted by Gasteiger charge is -2.10. The maximum atomic E-state index is 12.4. The van der Waals surface area contributed by atoms with E-state index in [0.29, 0.717) is 16.6 Å². The number of carbonyl (C=O) groups is 1. The van der Waals surface area contributed by atoms with Crippen LogP contribution >= 0.6 is 11.3 Å². The van der Waals surface area contributed by atoms with Crippen LogP contribution in [0.25, 0.3) is 11.3 Å². The minimum atomic E-state index is -0.281. The maximum absolute atomic E-state index is 12.4. The van der Waals surface area contributed by atoms with Crippen molar-refractivity contribution in [3.05, 3.63) is 53.2 Å². The van der Waals surface area contributed by atoms with Crippen LogP contribution < -0.4 is 14.8 Å². The second-order valence-corrected chi connectivity index (χ2v) is 6.86. The second kappa shape index (κ2) is 8.64. The van der Waals surface area contributed by atoms with Gasteiger partial charge in [-0.15, -0.1) is 11.3 Å². The van der Waals surface area contributed by atoms with Gasteiger partial charge < -0.3 is 9.47 Å². The Morgan fingerprint density at radius 3 is 2.70 bits per heavy atom. The molecule has 2 aromatic heterocycles. The summed E-state index contributed by atoms with van der Waals surface area (Å²) in [5, 5.41) is 3.38. The summed E-state index contributed by atoms with van der Waals surface area (Å²) in [7, 11) is 3.25. The molecule has 0 saturated carbocycles. The van der Waals surface area contributed by atoms with Gasteiger partial charge in [0, 0.05) is 16.6 Å². The normalized spacial score (nSPS) is 10.5. The van der Waals surface area contributed by atoms with Crippen molar-refractivity contribution in [2.24, 2.45) is 0 Å². The summed E-state index contributed by atoms with van der Waals surface area (Å²) in [5.74, 6) is 1.15. The number of rotatable bonds is 7. The van der Waals surface area contributed by atoms with E-state index in [1.165, 1.54) is 11.3 Å². The molecular weight excluding hydrogens is 362 g/mol. The average molecular weight is 383 g/mol. The summed E-state index contributed by atoms with van der Waals surface area (Å²) in [4.78, 5) is 22.2. The number of hydrogen-bond donors (Lipinski definition) is 1. The van der Waals surface area contributed by atoms with Crippen molar-refractivity contribution in [2.75, 3.05) is 19.5 Å². The van der Waals surface area contributed by atoms with Crippen molar-refractivity contribution in [3.8, 4) is 22.8 Å². The number of nitrogens with one attached hydrogen (secondary N) is 1. The number of ether oxygens (including phenoxy) is 2. The number of pyridine rings is 1. The van der Waals surface area contributed by atoms with Crippen molar-refractivity contribution >= 4 is 22.4 Å². The third-order valence-corrected chi connectivity index (χ3v) is 4.98. The fraction of sp³-hybridized carbons (Fsp3) is 0.250. The van der Waals surface area contributed by atoms with E-state index in [2.05, 4.69) is 22.2 Å². The lowest BCUT2D eigenvalue weighted by Crippen LogP contribution is -2.13. The molecule has 0 spiro atoms. The van der Waals surface area contributed by atoms with Crippen LogP contribution in [0.3, 0.4) is 0 Å². The smallest absolute Gasteiger partial charge is 0.276 e. The highest BCUT2D eigenvalue weighted by Gasteiger charge is 2.19. The van der Waals surface area contributed by atoms with Crippen molar-refractivity contribution in [1.82, 2.24) is 9.97 Å². The zero-order chi connectivity index (χ0) is 19.2. The van der Waals surface area contributed by atoms with Crippen molar-refractivity contribution in [1.29, 1.82) is 0 Å². The Balaban J connectivity index is 1.98. The molecule has 0 fully saturated rings. The van der Waals surface area contributed by atoms with Gasteiger partial charge in [-0.25, -0.2) is 4.98 Å². The van der Waals surface area contributed by atoms with E-state index in [-0.39, 0.29) is 5.91 Å². The van der Waals surface area contributed by atoms with Gasteiger partial charge in [-0.2, -0.15) is 0 Å². The Hall–Kier alpha value is -2.93. The average Bonchev–Trinajstić information content (AvgIpc) is 3.10. The van der Waals surface area contributed by atoms with E-state index in [0.717, 1.165) is 34.7 Å². The molecule has 1 amide bonds. The topological polar surface area (TPSA) is 73.3 Å². The lowest BCUT2D eigenvalue weighted by molar-refractivity contribution is 0.102. The van der Waals surface area contributed by atoms with Crippen LogP contribution in [-0.2, 0) is 6.42 Å². The molecule has 0 aliphatic rings. The number of nitrogens with zero attached hydrogens (tertiary/aromatic N) is 2. The number of thiazole rings is 1. The van der Waals surface area contributed by atoms with Crippen molar-refractivity contribution < 1.29 is 14.3 Å². The van der Waals surface area contributed by atoms with Crippen LogP contribution in [0.2, 0.25) is 0 Å². The summed E-state index contributed by atoms with van der Waals surface area (Å²) in [5.41, 5.74) is 1.99. The molecule has 1 aromatic carbocycles. The highest BCUT2D eigenvalue weighted by atomic mass is 32.1. The number of aryl methyl sites for hydroxylation is 1. The molecule has 0 radical (unpaired) electrons. The fourth-order valence-electron chi connectivity index (χ4n) is 2.67. The van der Waals surface area contributed by atoms with Gasteiger partial charge in [0.1, 0.15) is 17.2 Å². The first-order valence-electron chi connectivity index (χ1n) is 8.60. The molecule has 0 saturated heterocycles. The zero-order valence-electron chi connectivity index (χ0n) is 15.5. The molecule has 0 atom stereocenters. The first-order chi connectivity index (χ1) is 13.2. The number of methoxy groups -OCH3 is 2. The Morgan fingerprint density at radius 1 is 1.19 bits per heavy atom. The van der Waals surface area contributed by atoms with Gasteiger partial charge >= 0.3 is 0 Å². The molecule has 0 bridgehead atoms. The molecule has 0 aliphatic heterocycles. The van der Waals surface area contributed by atoms with Gasteiger partial charge in [-0.05, 0) is 36.8 Å². The molecule has 3 aromatic rings. The minimum absolute atomic E-state index is 0.281. The molecule has 27 heavy (non-hydrogen) atoms. The summed E-state index contributed by atoms with van der Waals surface area (Å²) < 4.78 is 10.9. The number of hydrogen-bond acceptors (Lipinski definition) is 6. The van der Waals surface area contributed by atoms with E-state index in [1.54, 1.807) is 38.6 Å². The lowest BCUT2D eigenvalue weighted by atomic mass is 10.1. The second-order valence-electron chi connectivity index (χ2n) is 5.78. The fourth-order valence-corrected chi connectivity index (χ4v) is 3.74. The van der Waals surface area contributed by atoms with E-state index in [4.69, 9.17) is 9.47 Å². The molecule has 140 valence electrons. The molecule has 2 heterocycles. The van der Waals surface area contributed by atoms with E-state index >= 15 is 0 Å². The third-order valence-electron chi connectivity index (χ3n) is 3.95. The summed E-state index contributed by atoms with van der Waals surface area (Å²) in [6, 6.07) is 10.8. The SMILES string of the molecule is CCCc1sc(NC(=O)c2ccccn2)nc1-c1cc(OC)ccc1OC. The molecule has 1 N–H and O–H groups in total. The third kappa shape index (κ3) is 4.25. The number of aromatic nitrogens is 2. The van der Waals surface area contributed by atoms with Gasteiger partial charge in [0.2, 0.25) is 0 Å². The number of amides is 1. The monoisotopic (exact) mass is 383 g/mol. The maximum Gasteiger partial charge on any atom is 0.276 e. The van der Waals surface area contributed by atoms with Crippen LogP contribution in [0.15, 0.2) is 42.6 Å². The largest absolute Gasteiger partial charge is 0.497 e. The highest BCUT2D eigenvalue weighted by Crippen LogP contribution is 2.39. The van der Waals surface area contributed by atoms with Gasteiger partial charge in [0.05, 0.1) is 19.9 Å². The summed E-state index contributed by atoms with van der Waals surface area (Å²) in [6.45, 7) is 2.11. The van der Waals surface area contributed by atoms with Crippen LogP contribution in [0.4, 0.5) is 5.13 Å². The number of anilines is 1. The molecule has 3 rings (SSSR count). The minimum Gasteiger partial charge on any atom is -0.497 e. The van der Waals surface area contributed by atoms with E-state index < -0.39 is 0 Å². The molecule has 7 heteroatoms.